The fraction of sp³-hybridized carbons (Fsp3) is 0.429. The van der Waals surface area contributed by atoms with E-state index in [0.29, 0.717) is 6.42 Å². The number of nitrogens with zero attached hydrogens (tertiary/aromatic N) is 1. The summed E-state index contributed by atoms with van der Waals surface area (Å²) >= 11 is 0. The maximum absolute atomic E-state index is 12.0. The second kappa shape index (κ2) is 6.18. The highest BCUT2D eigenvalue weighted by molar-refractivity contribution is 5.94. The van der Waals surface area contributed by atoms with E-state index in [1.165, 1.54) is 0 Å². The van der Waals surface area contributed by atoms with E-state index >= 15 is 0 Å². The number of rotatable bonds is 3. The predicted octanol–water partition coefficient (Wildman–Crippen LogP) is 1.83. The number of nitrogens with one attached hydrogen (secondary N) is 2. The van der Waals surface area contributed by atoms with Crippen LogP contribution in [0.25, 0.3) is 0 Å². The molecule has 2 N–H and O–H groups in total. The lowest BCUT2D eigenvalue weighted by atomic mass is 10.0. The first-order chi connectivity index (χ1) is 8.79. The second-order valence-corrected chi connectivity index (χ2v) is 4.52. The molecule has 1 aliphatic heterocycles. The molecule has 0 aromatic heterocycles. The summed E-state index contributed by atoms with van der Waals surface area (Å²) in [7, 11) is 0. The molecule has 94 valence electrons. The second-order valence-electron chi connectivity index (χ2n) is 4.52. The molecule has 1 atom stereocenters. The summed E-state index contributed by atoms with van der Waals surface area (Å²) in [6.45, 7) is 0.916. The van der Waals surface area contributed by atoms with Gasteiger partial charge in [-0.25, -0.2) is 0 Å². The van der Waals surface area contributed by atoms with Gasteiger partial charge in [-0.05, 0) is 37.1 Å². The van der Waals surface area contributed by atoms with Crippen molar-refractivity contribution in [3.63, 3.8) is 0 Å². The Labute approximate surface area is 107 Å². The van der Waals surface area contributed by atoms with Crippen LogP contribution in [0.5, 0.6) is 0 Å². The lowest BCUT2D eigenvalue weighted by molar-refractivity contribution is -0.118. The highest BCUT2D eigenvalue weighted by Gasteiger charge is 2.20. The van der Waals surface area contributed by atoms with Gasteiger partial charge in [-0.15, -0.1) is 0 Å². The minimum Gasteiger partial charge on any atom is -0.325 e. The summed E-state index contributed by atoms with van der Waals surface area (Å²) in [5.74, 6) is 0.0303. The first kappa shape index (κ1) is 12.6. The van der Waals surface area contributed by atoms with Crippen LogP contribution in [0.3, 0.4) is 0 Å². The quantitative estimate of drug-likeness (QED) is 0.851. The van der Waals surface area contributed by atoms with E-state index in [0.717, 1.165) is 37.1 Å². The molecule has 0 bridgehead atoms. The molecule has 0 radical (unpaired) electrons. The van der Waals surface area contributed by atoms with Gasteiger partial charge in [0.05, 0.1) is 18.5 Å². The van der Waals surface area contributed by atoms with Crippen LogP contribution in [0.15, 0.2) is 24.3 Å². The molecule has 18 heavy (non-hydrogen) atoms. The van der Waals surface area contributed by atoms with E-state index in [1.807, 2.05) is 24.3 Å². The number of amides is 1. The van der Waals surface area contributed by atoms with Crippen molar-refractivity contribution in [1.29, 1.82) is 5.26 Å². The third-order valence-corrected chi connectivity index (χ3v) is 3.13. The molecule has 1 aliphatic rings. The van der Waals surface area contributed by atoms with Crippen molar-refractivity contribution >= 4 is 11.6 Å². The van der Waals surface area contributed by atoms with Crippen molar-refractivity contribution in [2.45, 2.75) is 31.7 Å². The first-order valence-corrected chi connectivity index (χ1v) is 6.30. The number of anilines is 1. The molecular formula is C14H17N3O. The normalized spacial score (nSPS) is 18.9. The van der Waals surface area contributed by atoms with Crippen LogP contribution >= 0.6 is 0 Å². The van der Waals surface area contributed by atoms with Gasteiger partial charge in [0.15, 0.2) is 0 Å². The Balaban J connectivity index is 1.92. The van der Waals surface area contributed by atoms with Crippen LogP contribution in [0.4, 0.5) is 5.69 Å². The number of nitriles is 1. The van der Waals surface area contributed by atoms with Crippen molar-refractivity contribution in [2.75, 3.05) is 11.9 Å². The van der Waals surface area contributed by atoms with Gasteiger partial charge in [0, 0.05) is 5.69 Å². The Morgan fingerprint density at radius 3 is 2.78 bits per heavy atom. The monoisotopic (exact) mass is 243 g/mol. The maximum Gasteiger partial charge on any atom is 0.241 e. The van der Waals surface area contributed by atoms with Crippen LogP contribution in [0.1, 0.15) is 24.8 Å². The average Bonchev–Trinajstić information content (AvgIpc) is 2.42. The van der Waals surface area contributed by atoms with Crippen molar-refractivity contribution in [3.8, 4) is 6.07 Å². The van der Waals surface area contributed by atoms with E-state index < -0.39 is 0 Å². The van der Waals surface area contributed by atoms with Gasteiger partial charge in [-0.1, -0.05) is 18.6 Å². The molecule has 0 spiro atoms. The smallest absolute Gasteiger partial charge is 0.241 e. The SMILES string of the molecule is N#CCc1ccc(NC(=O)[C@@H]2CCCCN2)cc1. The van der Waals surface area contributed by atoms with Crippen LogP contribution in [0.2, 0.25) is 0 Å². The molecule has 1 saturated heterocycles. The minimum atomic E-state index is -0.0717. The molecule has 4 heteroatoms. The molecular weight excluding hydrogens is 226 g/mol. The molecule has 1 amide bonds. The van der Waals surface area contributed by atoms with E-state index in [-0.39, 0.29) is 11.9 Å². The van der Waals surface area contributed by atoms with Crippen molar-refractivity contribution in [3.05, 3.63) is 29.8 Å². The Morgan fingerprint density at radius 2 is 2.17 bits per heavy atom. The average molecular weight is 243 g/mol. The fourth-order valence-electron chi connectivity index (χ4n) is 2.10. The zero-order valence-corrected chi connectivity index (χ0v) is 10.3. The highest BCUT2D eigenvalue weighted by Crippen LogP contribution is 2.13. The number of hydrogen-bond acceptors (Lipinski definition) is 3. The first-order valence-electron chi connectivity index (χ1n) is 6.30. The van der Waals surface area contributed by atoms with Gasteiger partial charge in [0.2, 0.25) is 5.91 Å². The van der Waals surface area contributed by atoms with Crippen molar-refractivity contribution in [2.24, 2.45) is 0 Å². The zero-order chi connectivity index (χ0) is 12.8. The Hall–Kier alpha value is -1.86. The number of carbonyl (C=O) groups is 1. The third kappa shape index (κ3) is 3.31. The summed E-state index contributed by atoms with van der Waals surface area (Å²) in [5, 5.41) is 14.7. The Kier molecular flexibility index (Phi) is 4.32. The minimum absolute atomic E-state index is 0.0303. The topological polar surface area (TPSA) is 64.9 Å². The number of benzene rings is 1. The molecule has 0 aliphatic carbocycles. The van der Waals surface area contributed by atoms with Crippen LogP contribution in [0, 0.1) is 11.3 Å². The van der Waals surface area contributed by atoms with E-state index in [2.05, 4.69) is 16.7 Å². The third-order valence-electron chi connectivity index (χ3n) is 3.13. The molecule has 1 heterocycles. The summed E-state index contributed by atoms with van der Waals surface area (Å²) in [6.07, 6.45) is 3.55. The fourth-order valence-corrected chi connectivity index (χ4v) is 2.10. The Morgan fingerprint density at radius 1 is 1.39 bits per heavy atom. The molecule has 4 nitrogen and oxygen atoms in total. The van der Waals surface area contributed by atoms with Crippen LogP contribution < -0.4 is 10.6 Å². The molecule has 0 unspecified atom stereocenters. The van der Waals surface area contributed by atoms with E-state index in [1.54, 1.807) is 0 Å². The number of piperidine rings is 1. The van der Waals surface area contributed by atoms with Gasteiger partial charge in [0.25, 0.3) is 0 Å². The zero-order valence-electron chi connectivity index (χ0n) is 10.3. The van der Waals surface area contributed by atoms with Crippen LogP contribution in [-0.4, -0.2) is 18.5 Å². The summed E-state index contributed by atoms with van der Waals surface area (Å²) in [6, 6.07) is 9.44. The standard InChI is InChI=1S/C14H17N3O/c15-9-8-11-4-6-12(7-5-11)17-14(18)13-3-1-2-10-16-13/h4-7,13,16H,1-3,8,10H2,(H,17,18)/t13-/m0/s1. The molecule has 1 fully saturated rings. The molecule has 1 aromatic carbocycles. The highest BCUT2D eigenvalue weighted by atomic mass is 16.2. The van der Waals surface area contributed by atoms with Gasteiger partial charge >= 0.3 is 0 Å². The van der Waals surface area contributed by atoms with E-state index in [9.17, 15) is 4.79 Å². The van der Waals surface area contributed by atoms with Gasteiger partial charge < -0.3 is 10.6 Å². The van der Waals surface area contributed by atoms with E-state index in [4.69, 9.17) is 5.26 Å². The van der Waals surface area contributed by atoms with Gasteiger partial charge in [-0.3, -0.25) is 4.79 Å². The van der Waals surface area contributed by atoms with Crippen molar-refractivity contribution in [1.82, 2.24) is 5.32 Å². The lowest BCUT2D eigenvalue weighted by Gasteiger charge is -2.22. The summed E-state index contributed by atoms with van der Waals surface area (Å²) in [5.41, 5.74) is 1.75. The Bertz CT molecular complexity index is 441. The number of carbonyl (C=O) groups excluding carboxylic acids is 1. The van der Waals surface area contributed by atoms with Gasteiger partial charge in [-0.2, -0.15) is 5.26 Å². The maximum atomic E-state index is 12.0. The lowest BCUT2D eigenvalue weighted by Crippen LogP contribution is -2.43. The predicted molar refractivity (Wildman–Crippen MR) is 70.0 cm³/mol. The largest absolute Gasteiger partial charge is 0.325 e. The van der Waals surface area contributed by atoms with Gasteiger partial charge in [0.1, 0.15) is 0 Å². The number of hydrogen-bond donors (Lipinski definition) is 2. The van der Waals surface area contributed by atoms with Crippen LogP contribution in [-0.2, 0) is 11.2 Å². The molecule has 2 rings (SSSR count). The molecule has 1 aromatic rings. The van der Waals surface area contributed by atoms with Crippen molar-refractivity contribution < 1.29 is 4.79 Å². The molecule has 0 saturated carbocycles. The summed E-state index contributed by atoms with van der Waals surface area (Å²) < 4.78 is 0. The summed E-state index contributed by atoms with van der Waals surface area (Å²) in [4.78, 5) is 12.0.